The lowest BCUT2D eigenvalue weighted by molar-refractivity contribution is -0.175. The Morgan fingerprint density at radius 1 is 0.402 bits per heavy atom. The van der Waals surface area contributed by atoms with Gasteiger partial charge in [0.05, 0.1) is 64.8 Å². The number of rotatable bonds is 40. The Morgan fingerprint density at radius 2 is 0.679 bits per heavy atom. The number of amides is 8. The molecule has 26 nitrogen and oxygen atoms in total. The Hall–Kier alpha value is -8.94. The highest BCUT2D eigenvalue weighted by atomic mass is 19.4. The Labute approximate surface area is 658 Å². The molecular weight excluding hydrogens is 1450 g/mol. The molecule has 4 aromatic carbocycles. The molecule has 10 atom stereocenters. The topological polar surface area (TPSA) is 354 Å². The summed E-state index contributed by atoms with van der Waals surface area (Å²) in [5.74, 6) is -6.90. The van der Waals surface area contributed by atoms with Gasteiger partial charge in [-0.15, -0.1) is 0 Å². The first-order valence-electron chi connectivity index (χ1n) is 38.4. The summed E-state index contributed by atoms with van der Waals surface area (Å²) < 4.78 is 57.6. The van der Waals surface area contributed by atoms with Crippen LogP contribution in [0.25, 0.3) is 0 Å². The second-order valence-electron chi connectivity index (χ2n) is 30.9. The number of aliphatic carboxylic acids is 1. The predicted octanol–water partition coefficient (Wildman–Crippen LogP) is 5.42. The molecule has 30 heteroatoms. The summed E-state index contributed by atoms with van der Waals surface area (Å²) in [7, 11) is 0. The van der Waals surface area contributed by atoms with Crippen LogP contribution in [0.4, 0.5) is 13.2 Å². The molecule has 8 rings (SSSR count). The number of hydrogen-bond acceptors (Lipinski definition) is 17. The van der Waals surface area contributed by atoms with Crippen molar-refractivity contribution in [1.82, 2.24) is 52.3 Å². The third-order valence-corrected chi connectivity index (χ3v) is 19.0. The van der Waals surface area contributed by atoms with Gasteiger partial charge in [-0.1, -0.05) is 177 Å². The molecule has 112 heavy (non-hydrogen) atoms. The number of Topliss-reactive ketones (excluding diaryl/α,β-unsaturated/α-hetero) is 2. The number of hydrogen-bond donors (Lipinski definition) is 9. The maximum absolute atomic E-state index is 14.1. The van der Waals surface area contributed by atoms with Gasteiger partial charge in [-0.3, -0.25) is 57.7 Å². The molecule has 0 aliphatic carbocycles. The van der Waals surface area contributed by atoms with E-state index in [0.29, 0.717) is 104 Å². The van der Waals surface area contributed by atoms with Crippen LogP contribution in [0.1, 0.15) is 130 Å². The van der Waals surface area contributed by atoms with Crippen LogP contribution in [-0.4, -0.2) is 233 Å². The fourth-order valence-corrected chi connectivity index (χ4v) is 12.6. The zero-order valence-corrected chi connectivity index (χ0v) is 66.2. The van der Waals surface area contributed by atoms with E-state index in [2.05, 4.69) is 37.2 Å². The number of alkyl halides is 3. The first kappa shape index (κ1) is 93.7. The van der Waals surface area contributed by atoms with E-state index in [1.54, 1.807) is 50.4 Å². The molecule has 613 valence electrons. The number of carbonyl (C=O) groups is 11. The van der Waals surface area contributed by atoms with E-state index < -0.39 is 113 Å². The van der Waals surface area contributed by atoms with Crippen LogP contribution in [0.15, 0.2) is 121 Å². The van der Waals surface area contributed by atoms with Crippen LogP contribution in [0.3, 0.4) is 0 Å². The van der Waals surface area contributed by atoms with Gasteiger partial charge < -0.3 is 66.6 Å². The first-order chi connectivity index (χ1) is 52.6. The van der Waals surface area contributed by atoms with Gasteiger partial charge in [-0.05, 0) is 111 Å². The van der Waals surface area contributed by atoms with Crippen molar-refractivity contribution in [3.05, 3.63) is 144 Å². The maximum atomic E-state index is 14.1. The van der Waals surface area contributed by atoms with Crippen LogP contribution in [0, 0.1) is 23.7 Å². The van der Waals surface area contributed by atoms with Crippen LogP contribution in [0.2, 0.25) is 0 Å². The van der Waals surface area contributed by atoms with Gasteiger partial charge in [0, 0.05) is 47.4 Å². The van der Waals surface area contributed by atoms with E-state index in [1.807, 2.05) is 148 Å². The highest BCUT2D eigenvalue weighted by Gasteiger charge is 2.52. The molecule has 4 saturated heterocycles. The fourth-order valence-electron chi connectivity index (χ4n) is 12.6. The number of carboxylic acid groups (broad SMARTS) is 1. The number of morpholine rings is 2. The lowest BCUT2D eigenvalue weighted by Gasteiger charge is -2.29. The molecule has 0 bridgehead atoms. The standard InChI is InChI=1S/C40H57N5O7.C31H42N4O6.C11H16F3NO3.B/c1-27(2)22-32(36(47)40(5)26-52-40)42-39(50)34(24-30-14-10-7-11-15-30)44-38(49)33(23-28(3)4)43-37(48)31(17-16-29-12-8-6-9-13-29)41-35(46)25-45-18-20-51-21-19-45;1-22(2)19-26(30(38)34-27(31(39)40)20-24-11-7-4-8-12-24)33-29(37)25(14-13-23-9-5-3-6-10-23)32-28(36)21-35-15-17-41-18-16-35;1-6(2)4-7(8(16)10(3)5-18-10)15-9(17)11(12,13)14;/h6-15,27-28,31-34H,16-26H2,1-5H3,(H,41,46)(H,42,50)(H,43,48)(H,44,49);3-12,22,25-27H,13-21H2,1-2H3,(H,32,36)(H,33,37)(H,34,38)(H,39,40);6-7H,4-5H2,1-3H3,(H,15,17);/t31-,32-,33-,34-,40+;25-,26-,27-;7-,10+;/m000./s1. The SMILES string of the molecule is CC(C)C[C@H](NC(=O)C(F)(F)F)C(=O)[C@@]1(C)CO1.CC(C)C[C@H](NC(=O)[C@H](CCc1ccccc1)NC(=O)CN1CCOCC1)C(=O)N[C@@H](Cc1ccccc1)C(=O)N[C@@H](CC(C)C)C(=O)[C@@]1(C)CO1.CC(C)C[C@H](NC(=O)[C@H](CCc1ccccc1)NC(=O)CN1CCOCC1)C(=O)N[C@@H](Cc1ccccc1)C(=O)O.[B]. The quantitative estimate of drug-likeness (QED) is 0.0198. The highest BCUT2D eigenvalue weighted by Crippen LogP contribution is 2.31. The second-order valence-corrected chi connectivity index (χ2v) is 30.9. The Bertz CT molecular complexity index is 3640. The summed E-state index contributed by atoms with van der Waals surface area (Å²) in [5.41, 5.74) is 1.67. The third-order valence-electron chi connectivity index (χ3n) is 19.0. The Kier molecular flexibility index (Phi) is 38.7. The summed E-state index contributed by atoms with van der Waals surface area (Å²) in [5, 5.41) is 31.4. The molecular formula is C82H115BF3N10O16. The van der Waals surface area contributed by atoms with Crippen molar-refractivity contribution in [2.45, 2.75) is 199 Å². The molecule has 0 aromatic heterocycles. The largest absolute Gasteiger partial charge is 0.480 e. The van der Waals surface area contributed by atoms with Crippen molar-refractivity contribution >= 4 is 73.2 Å². The maximum Gasteiger partial charge on any atom is 0.471 e. The highest BCUT2D eigenvalue weighted by molar-refractivity contribution is 6.00. The minimum absolute atomic E-state index is 0. The van der Waals surface area contributed by atoms with Crippen LogP contribution in [-0.2, 0) is 97.4 Å². The molecule has 3 radical (unpaired) electrons. The van der Waals surface area contributed by atoms with Gasteiger partial charge >= 0.3 is 18.1 Å². The van der Waals surface area contributed by atoms with Gasteiger partial charge in [0.25, 0.3) is 0 Å². The third kappa shape index (κ3) is 33.8. The van der Waals surface area contributed by atoms with Gasteiger partial charge in [0.2, 0.25) is 41.4 Å². The van der Waals surface area contributed by atoms with Crippen molar-refractivity contribution in [3.8, 4) is 0 Å². The normalized spacial score (nSPS) is 18.9. The average Bonchev–Trinajstić information content (AvgIpc) is 1.64. The molecule has 4 aromatic rings. The minimum Gasteiger partial charge on any atom is -0.480 e. The molecule has 0 spiro atoms. The predicted molar refractivity (Wildman–Crippen MR) is 416 cm³/mol. The van der Waals surface area contributed by atoms with Gasteiger partial charge in [-0.25, -0.2) is 4.79 Å². The van der Waals surface area contributed by atoms with Crippen LogP contribution >= 0.6 is 0 Å². The second kappa shape index (κ2) is 46.3. The molecule has 0 saturated carbocycles. The lowest BCUT2D eigenvalue weighted by atomic mass is 9.93. The fraction of sp³-hybridized carbons (Fsp3) is 0.573. The number of nitrogens with zero attached hydrogens (tertiary/aromatic N) is 2. The summed E-state index contributed by atoms with van der Waals surface area (Å²) >= 11 is 0. The van der Waals surface area contributed by atoms with Crippen molar-refractivity contribution in [3.63, 3.8) is 0 Å². The van der Waals surface area contributed by atoms with E-state index in [4.69, 9.17) is 18.9 Å². The molecule has 8 amide bonds. The summed E-state index contributed by atoms with van der Waals surface area (Å²) in [4.78, 5) is 147. The number of ketones is 2. The monoisotopic (exact) mass is 1560 g/mol. The number of carboxylic acids is 1. The molecule has 4 aliphatic rings. The number of halogens is 3. The lowest BCUT2D eigenvalue weighted by Crippen LogP contribution is -2.59. The Balaban J connectivity index is 0.000000331. The Morgan fingerprint density at radius 3 is 1.00 bits per heavy atom. The van der Waals surface area contributed by atoms with E-state index in [9.17, 15) is 71.0 Å². The molecule has 4 fully saturated rings. The van der Waals surface area contributed by atoms with E-state index in [1.165, 1.54) is 6.92 Å². The zero-order valence-electron chi connectivity index (χ0n) is 66.2. The average molecular weight is 1560 g/mol. The number of ether oxygens (including phenoxy) is 4. The number of nitrogens with one attached hydrogen (secondary N) is 8. The number of benzene rings is 4. The van der Waals surface area contributed by atoms with Gasteiger partial charge in [-0.2, -0.15) is 13.2 Å². The van der Waals surface area contributed by atoms with Crippen molar-refractivity contribution in [2.75, 3.05) is 78.9 Å². The van der Waals surface area contributed by atoms with Crippen molar-refractivity contribution in [1.29, 1.82) is 0 Å². The summed E-state index contributed by atoms with van der Waals surface area (Å²) in [6.07, 6.45) is -1.76. The first-order valence-corrected chi connectivity index (χ1v) is 38.4. The van der Waals surface area contributed by atoms with Crippen LogP contribution in [0.5, 0.6) is 0 Å². The van der Waals surface area contributed by atoms with Gasteiger partial charge in [0.15, 0.2) is 11.6 Å². The molecule has 0 unspecified atom stereocenters. The number of carbonyl (C=O) groups excluding carboxylic acids is 10. The zero-order chi connectivity index (χ0) is 81.4. The smallest absolute Gasteiger partial charge is 0.471 e. The summed E-state index contributed by atoms with van der Waals surface area (Å²) in [6, 6.07) is 29.9. The van der Waals surface area contributed by atoms with Crippen molar-refractivity contribution < 1.29 is 90.0 Å². The number of aryl methyl sites for hydroxylation is 2. The molecule has 9 N–H and O–H groups in total. The van der Waals surface area contributed by atoms with Crippen molar-refractivity contribution in [2.24, 2.45) is 23.7 Å². The minimum atomic E-state index is -4.99. The number of epoxide rings is 2. The van der Waals surface area contributed by atoms with Crippen LogP contribution < -0.4 is 42.5 Å². The van der Waals surface area contributed by atoms with E-state index >= 15 is 0 Å². The molecule has 4 aliphatic heterocycles. The molecule has 4 heterocycles. The van der Waals surface area contributed by atoms with Gasteiger partial charge in [0.1, 0.15) is 47.5 Å². The van der Waals surface area contributed by atoms with E-state index in [-0.39, 0.29) is 88.6 Å². The summed E-state index contributed by atoms with van der Waals surface area (Å²) in [6.45, 7) is 23.9. The van der Waals surface area contributed by atoms with E-state index in [0.717, 1.165) is 22.3 Å².